The molecule has 24 heavy (non-hydrogen) atoms. The summed E-state index contributed by atoms with van der Waals surface area (Å²) in [5, 5.41) is 14.5. The summed E-state index contributed by atoms with van der Waals surface area (Å²) in [5.74, 6) is 0.543. The minimum Gasteiger partial charge on any atom is -0.489 e. The Labute approximate surface area is 140 Å². The Hall–Kier alpha value is -2.43. The summed E-state index contributed by atoms with van der Waals surface area (Å²) in [6, 6.07) is 18.4. The summed E-state index contributed by atoms with van der Waals surface area (Å²) in [6.07, 6.45) is 0. The lowest BCUT2D eigenvalue weighted by atomic mass is 10.0. The summed E-state index contributed by atoms with van der Waals surface area (Å²) < 4.78 is 19.0. The lowest BCUT2D eigenvalue weighted by Crippen LogP contribution is -2.18. The Balaban J connectivity index is 1.85. The summed E-state index contributed by atoms with van der Waals surface area (Å²) >= 11 is 0. The lowest BCUT2D eigenvalue weighted by Gasteiger charge is -2.15. The number of nitrogens with one attached hydrogen (secondary N) is 1. The van der Waals surface area contributed by atoms with Crippen molar-refractivity contribution in [3.63, 3.8) is 0 Å². The molecule has 0 spiro atoms. The van der Waals surface area contributed by atoms with Crippen LogP contribution in [0.4, 0.5) is 4.39 Å². The molecule has 0 fully saturated rings. The van der Waals surface area contributed by atoms with Crippen molar-refractivity contribution in [3.8, 4) is 5.75 Å². The molecule has 3 aromatic rings. The Morgan fingerprint density at radius 1 is 0.958 bits per heavy atom. The molecule has 0 aromatic heterocycles. The van der Waals surface area contributed by atoms with Crippen molar-refractivity contribution >= 4 is 10.8 Å². The highest BCUT2D eigenvalue weighted by atomic mass is 19.1. The van der Waals surface area contributed by atoms with Crippen molar-refractivity contribution in [2.45, 2.75) is 13.2 Å². The van der Waals surface area contributed by atoms with Gasteiger partial charge in [0, 0.05) is 18.7 Å². The predicted molar refractivity (Wildman–Crippen MR) is 93.5 cm³/mol. The number of hydrogen-bond donors (Lipinski definition) is 2. The minimum absolute atomic E-state index is 0.0938. The highest BCUT2D eigenvalue weighted by molar-refractivity contribution is 5.87. The molecule has 3 nitrogen and oxygen atoms in total. The fourth-order valence-corrected chi connectivity index (χ4v) is 2.67. The number of aliphatic hydroxyl groups is 1. The van der Waals surface area contributed by atoms with Crippen LogP contribution >= 0.6 is 0 Å². The van der Waals surface area contributed by atoms with Gasteiger partial charge in [0.05, 0.1) is 6.61 Å². The maximum Gasteiger partial charge on any atom is 0.124 e. The van der Waals surface area contributed by atoms with Gasteiger partial charge in [-0.25, -0.2) is 4.39 Å². The average Bonchev–Trinajstić information content (AvgIpc) is 2.62. The first kappa shape index (κ1) is 16.4. The van der Waals surface area contributed by atoms with Gasteiger partial charge in [0.2, 0.25) is 0 Å². The molecule has 0 aliphatic heterocycles. The maximum atomic E-state index is 13.0. The molecule has 3 rings (SSSR count). The quantitative estimate of drug-likeness (QED) is 0.652. The first-order valence-corrected chi connectivity index (χ1v) is 7.97. The van der Waals surface area contributed by atoms with Crippen LogP contribution in [0.3, 0.4) is 0 Å². The third-order valence-electron chi connectivity index (χ3n) is 3.90. The Bertz CT molecular complexity index is 802. The van der Waals surface area contributed by atoms with E-state index in [1.165, 1.54) is 12.1 Å². The highest BCUT2D eigenvalue weighted by Gasteiger charge is 2.09. The van der Waals surface area contributed by atoms with Crippen LogP contribution < -0.4 is 10.1 Å². The number of hydrogen-bond acceptors (Lipinski definition) is 3. The van der Waals surface area contributed by atoms with Gasteiger partial charge in [0.15, 0.2) is 0 Å². The third-order valence-corrected chi connectivity index (χ3v) is 3.90. The number of rotatable bonds is 7. The number of ether oxygens (including phenoxy) is 1. The molecule has 0 unspecified atom stereocenters. The summed E-state index contributed by atoms with van der Waals surface area (Å²) in [5.41, 5.74) is 1.97. The second kappa shape index (κ2) is 7.90. The van der Waals surface area contributed by atoms with E-state index in [4.69, 9.17) is 9.84 Å². The van der Waals surface area contributed by atoms with Gasteiger partial charge in [-0.15, -0.1) is 0 Å². The number of aliphatic hydroxyl groups excluding tert-OH is 1. The molecular formula is C20H20FNO2. The van der Waals surface area contributed by atoms with Gasteiger partial charge in [-0.3, -0.25) is 0 Å². The maximum absolute atomic E-state index is 13.0. The molecule has 0 atom stereocenters. The molecule has 0 saturated heterocycles. The van der Waals surface area contributed by atoms with Crippen molar-refractivity contribution in [2.24, 2.45) is 0 Å². The van der Waals surface area contributed by atoms with Crippen LogP contribution in [0, 0.1) is 5.82 Å². The van der Waals surface area contributed by atoms with Gasteiger partial charge < -0.3 is 15.2 Å². The van der Waals surface area contributed by atoms with Crippen molar-refractivity contribution in [3.05, 3.63) is 77.6 Å². The fraction of sp³-hybridized carbons (Fsp3) is 0.200. The summed E-state index contributed by atoms with van der Waals surface area (Å²) in [7, 11) is 0. The molecule has 0 heterocycles. The molecule has 0 amide bonds. The van der Waals surface area contributed by atoms with Gasteiger partial charge >= 0.3 is 0 Å². The van der Waals surface area contributed by atoms with Crippen LogP contribution in [0.1, 0.15) is 11.1 Å². The molecular weight excluding hydrogens is 305 g/mol. The van der Waals surface area contributed by atoms with E-state index in [9.17, 15) is 4.39 Å². The van der Waals surface area contributed by atoms with E-state index in [1.54, 1.807) is 12.1 Å². The van der Waals surface area contributed by atoms with E-state index in [-0.39, 0.29) is 12.4 Å². The molecule has 0 saturated carbocycles. The zero-order chi connectivity index (χ0) is 16.8. The highest BCUT2D eigenvalue weighted by Crippen LogP contribution is 2.28. The first-order valence-electron chi connectivity index (χ1n) is 7.97. The largest absolute Gasteiger partial charge is 0.489 e. The van der Waals surface area contributed by atoms with Gasteiger partial charge in [-0.2, -0.15) is 0 Å². The fourth-order valence-electron chi connectivity index (χ4n) is 2.67. The topological polar surface area (TPSA) is 41.5 Å². The van der Waals surface area contributed by atoms with Gasteiger partial charge in [0.1, 0.15) is 18.2 Å². The molecule has 0 radical (unpaired) electrons. The van der Waals surface area contributed by atoms with Gasteiger partial charge in [0.25, 0.3) is 0 Å². The number of fused-ring (bicyclic) bond motifs is 1. The van der Waals surface area contributed by atoms with Crippen molar-refractivity contribution < 1.29 is 14.2 Å². The van der Waals surface area contributed by atoms with Crippen molar-refractivity contribution in [1.82, 2.24) is 5.32 Å². The monoisotopic (exact) mass is 325 g/mol. The van der Waals surface area contributed by atoms with Crippen LogP contribution in [-0.2, 0) is 13.2 Å². The Morgan fingerprint density at radius 3 is 2.54 bits per heavy atom. The molecule has 124 valence electrons. The van der Waals surface area contributed by atoms with E-state index in [0.29, 0.717) is 19.7 Å². The average molecular weight is 325 g/mol. The van der Waals surface area contributed by atoms with Crippen LogP contribution in [0.25, 0.3) is 10.8 Å². The van der Waals surface area contributed by atoms with Gasteiger partial charge in [-0.05, 0) is 34.5 Å². The molecule has 0 bridgehead atoms. The molecule has 0 aliphatic carbocycles. The molecule has 3 aromatic carbocycles. The van der Waals surface area contributed by atoms with E-state index >= 15 is 0 Å². The minimum atomic E-state index is -0.252. The van der Waals surface area contributed by atoms with E-state index in [2.05, 4.69) is 17.4 Å². The van der Waals surface area contributed by atoms with Crippen LogP contribution in [0.15, 0.2) is 60.7 Å². The van der Waals surface area contributed by atoms with Crippen molar-refractivity contribution in [1.29, 1.82) is 0 Å². The molecule has 2 N–H and O–H groups in total. The SMILES string of the molecule is OCCNCc1c(OCc2ccc(F)cc2)ccc2ccccc12. The normalized spacial score (nSPS) is 10.9. The Kier molecular flexibility index (Phi) is 5.41. The lowest BCUT2D eigenvalue weighted by molar-refractivity contribution is 0.288. The first-order chi connectivity index (χ1) is 11.8. The number of benzene rings is 3. The van der Waals surface area contributed by atoms with Crippen LogP contribution in [0.5, 0.6) is 5.75 Å². The molecule has 4 heteroatoms. The zero-order valence-corrected chi connectivity index (χ0v) is 13.3. The van der Waals surface area contributed by atoms with E-state index in [1.807, 2.05) is 24.3 Å². The third kappa shape index (κ3) is 3.91. The van der Waals surface area contributed by atoms with E-state index < -0.39 is 0 Å². The molecule has 0 aliphatic rings. The smallest absolute Gasteiger partial charge is 0.124 e. The second-order valence-electron chi connectivity index (χ2n) is 5.58. The van der Waals surface area contributed by atoms with Gasteiger partial charge in [-0.1, -0.05) is 42.5 Å². The van der Waals surface area contributed by atoms with Crippen LogP contribution in [0.2, 0.25) is 0 Å². The van der Waals surface area contributed by atoms with Crippen LogP contribution in [-0.4, -0.2) is 18.3 Å². The summed E-state index contributed by atoms with van der Waals surface area (Å²) in [4.78, 5) is 0. The standard InChI is InChI=1S/C20H20FNO2/c21-17-8-5-15(6-9-17)14-24-20-10-7-16-3-1-2-4-18(16)19(20)13-22-11-12-23/h1-10,22-23H,11-14H2. The summed E-state index contributed by atoms with van der Waals surface area (Å²) in [6.45, 7) is 1.61. The Morgan fingerprint density at radius 2 is 1.75 bits per heavy atom. The second-order valence-corrected chi connectivity index (χ2v) is 5.58. The van der Waals surface area contributed by atoms with E-state index in [0.717, 1.165) is 27.6 Å². The predicted octanol–water partition coefficient (Wildman–Crippen LogP) is 3.64. The number of halogens is 1. The zero-order valence-electron chi connectivity index (χ0n) is 13.3. The van der Waals surface area contributed by atoms with Crippen molar-refractivity contribution in [2.75, 3.05) is 13.2 Å².